The van der Waals surface area contributed by atoms with Crippen molar-refractivity contribution in [2.24, 2.45) is 5.84 Å². The average Bonchev–Trinajstić information content (AvgIpc) is 2.39. The van der Waals surface area contributed by atoms with E-state index in [9.17, 15) is 12.8 Å². The van der Waals surface area contributed by atoms with E-state index < -0.39 is 15.8 Å². The second-order valence-electron chi connectivity index (χ2n) is 3.82. The van der Waals surface area contributed by atoms with Crippen molar-refractivity contribution < 1.29 is 12.8 Å². The molecule has 0 radical (unpaired) electrons. The van der Waals surface area contributed by atoms with Crippen LogP contribution in [-0.2, 0) is 10.0 Å². The van der Waals surface area contributed by atoms with Crippen LogP contribution in [0.5, 0.6) is 0 Å². The van der Waals surface area contributed by atoms with Gasteiger partial charge in [-0.3, -0.25) is 0 Å². The Balaban J connectivity index is 2.47. The summed E-state index contributed by atoms with van der Waals surface area (Å²) in [5.41, 5.74) is 5.54. The lowest BCUT2D eigenvalue weighted by Crippen LogP contribution is -2.37. The molecule has 2 aromatic rings. The molecule has 0 atom stereocenters. The molecule has 2 aromatic carbocycles. The van der Waals surface area contributed by atoms with E-state index >= 15 is 0 Å². The van der Waals surface area contributed by atoms with Gasteiger partial charge in [-0.05, 0) is 30.3 Å². The molecule has 100 valence electrons. The van der Waals surface area contributed by atoms with Gasteiger partial charge in [0, 0.05) is 0 Å². The first-order chi connectivity index (χ1) is 8.93. The summed E-state index contributed by atoms with van der Waals surface area (Å²) in [7, 11) is -3.92. The predicted molar refractivity (Wildman–Crippen MR) is 71.1 cm³/mol. The van der Waals surface area contributed by atoms with E-state index in [4.69, 9.17) is 11.6 Å². The van der Waals surface area contributed by atoms with Crippen LogP contribution in [0.1, 0.15) is 0 Å². The quantitative estimate of drug-likeness (QED) is 0.506. The lowest BCUT2D eigenvalue weighted by atomic mass is 10.3. The van der Waals surface area contributed by atoms with Crippen molar-refractivity contribution in [3.63, 3.8) is 0 Å². The zero-order valence-corrected chi connectivity index (χ0v) is 10.6. The van der Waals surface area contributed by atoms with Crippen LogP contribution < -0.4 is 16.0 Å². The molecule has 5 nitrogen and oxygen atoms in total. The number of nitrogens with two attached hydrogens (primary N) is 2. The van der Waals surface area contributed by atoms with Gasteiger partial charge in [-0.15, -0.1) is 0 Å². The molecule has 7 heteroatoms. The number of sulfonamides is 1. The molecule has 0 amide bonds. The van der Waals surface area contributed by atoms with Crippen molar-refractivity contribution in [1.29, 1.82) is 0 Å². The normalized spacial score (nSPS) is 11.3. The van der Waals surface area contributed by atoms with E-state index in [2.05, 4.69) is 0 Å². The van der Waals surface area contributed by atoms with Crippen molar-refractivity contribution >= 4 is 21.4 Å². The molecule has 0 unspecified atom stereocenters. The summed E-state index contributed by atoms with van der Waals surface area (Å²) in [6.45, 7) is 0. The van der Waals surface area contributed by atoms with Crippen molar-refractivity contribution in [1.82, 2.24) is 0 Å². The van der Waals surface area contributed by atoms with Gasteiger partial charge in [-0.25, -0.2) is 10.2 Å². The molecule has 0 fully saturated rings. The van der Waals surface area contributed by atoms with E-state index in [1.165, 1.54) is 18.2 Å². The van der Waals surface area contributed by atoms with Crippen molar-refractivity contribution in [3.8, 4) is 0 Å². The summed E-state index contributed by atoms with van der Waals surface area (Å²) in [6, 6.07) is 11.0. The number of nitrogens with zero attached hydrogens (tertiary/aromatic N) is 1. The highest BCUT2D eigenvalue weighted by Gasteiger charge is 2.23. The van der Waals surface area contributed by atoms with Crippen LogP contribution in [0.2, 0.25) is 0 Å². The van der Waals surface area contributed by atoms with Gasteiger partial charge in [-0.1, -0.05) is 18.2 Å². The van der Waals surface area contributed by atoms with Crippen molar-refractivity contribution in [3.05, 3.63) is 54.3 Å². The fourth-order valence-corrected chi connectivity index (χ4v) is 2.71. The SMILES string of the molecule is Nc1cc(F)ccc1N(N)S(=O)(=O)c1ccccc1. The van der Waals surface area contributed by atoms with Crippen molar-refractivity contribution in [2.75, 3.05) is 10.1 Å². The first-order valence-corrected chi connectivity index (χ1v) is 6.77. The molecular formula is C12H12FN3O2S. The third-order valence-electron chi connectivity index (χ3n) is 2.53. The minimum Gasteiger partial charge on any atom is -0.397 e. The molecule has 0 aliphatic heterocycles. The average molecular weight is 281 g/mol. The maximum absolute atomic E-state index is 12.9. The number of benzene rings is 2. The van der Waals surface area contributed by atoms with E-state index in [0.29, 0.717) is 4.41 Å². The van der Waals surface area contributed by atoms with Gasteiger partial charge >= 0.3 is 0 Å². The monoisotopic (exact) mass is 281 g/mol. The number of hydrogen-bond acceptors (Lipinski definition) is 4. The highest BCUT2D eigenvalue weighted by atomic mass is 32.2. The highest BCUT2D eigenvalue weighted by Crippen LogP contribution is 2.26. The number of hydrazine groups is 1. The lowest BCUT2D eigenvalue weighted by Gasteiger charge is -2.20. The summed E-state index contributed by atoms with van der Waals surface area (Å²) in [4.78, 5) is 0.0289. The van der Waals surface area contributed by atoms with Crippen LogP contribution in [0.15, 0.2) is 53.4 Å². The second kappa shape index (κ2) is 4.87. The summed E-state index contributed by atoms with van der Waals surface area (Å²) in [5.74, 6) is 5.04. The van der Waals surface area contributed by atoms with E-state index in [0.717, 1.165) is 12.1 Å². The molecule has 0 saturated carbocycles. The zero-order chi connectivity index (χ0) is 14.0. The van der Waals surface area contributed by atoms with Gasteiger partial charge < -0.3 is 5.73 Å². The minimum absolute atomic E-state index is 0.0188. The van der Waals surface area contributed by atoms with E-state index in [1.807, 2.05) is 0 Å². The molecule has 2 rings (SSSR count). The molecule has 0 aromatic heterocycles. The molecule has 0 heterocycles. The Hall–Kier alpha value is -2.12. The summed E-state index contributed by atoms with van der Waals surface area (Å²) < 4.78 is 37.9. The van der Waals surface area contributed by atoms with E-state index in [1.54, 1.807) is 18.2 Å². The second-order valence-corrected chi connectivity index (χ2v) is 5.63. The van der Waals surface area contributed by atoms with Crippen LogP contribution in [0.3, 0.4) is 0 Å². The number of rotatable bonds is 3. The largest absolute Gasteiger partial charge is 0.397 e. The smallest absolute Gasteiger partial charge is 0.277 e. The molecule has 0 spiro atoms. The van der Waals surface area contributed by atoms with Crippen LogP contribution in [-0.4, -0.2) is 8.42 Å². The topological polar surface area (TPSA) is 89.4 Å². The molecular weight excluding hydrogens is 269 g/mol. The third-order valence-corrected chi connectivity index (χ3v) is 4.11. The summed E-state index contributed by atoms with van der Waals surface area (Å²) in [5, 5.41) is 0. The molecule has 0 aliphatic rings. The van der Waals surface area contributed by atoms with Crippen LogP contribution in [0.25, 0.3) is 0 Å². The molecule has 4 N–H and O–H groups in total. The van der Waals surface area contributed by atoms with Crippen molar-refractivity contribution in [2.45, 2.75) is 4.90 Å². The Morgan fingerprint density at radius 1 is 1.05 bits per heavy atom. The molecule has 19 heavy (non-hydrogen) atoms. The standard InChI is InChI=1S/C12H12FN3O2S/c13-9-6-7-12(11(14)8-9)16(15)19(17,18)10-4-2-1-3-5-10/h1-8H,14-15H2. The maximum Gasteiger partial charge on any atom is 0.277 e. The number of halogens is 1. The van der Waals surface area contributed by atoms with Gasteiger partial charge in [0.15, 0.2) is 0 Å². The Morgan fingerprint density at radius 2 is 1.68 bits per heavy atom. The molecule has 0 bridgehead atoms. The van der Waals surface area contributed by atoms with Gasteiger partial charge in [0.05, 0.1) is 16.3 Å². The number of nitrogen functional groups attached to an aromatic ring is 1. The first kappa shape index (κ1) is 13.3. The Morgan fingerprint density at radius 3 is 2.26 bits per heavy atom. The van der Waals surface area contributed by atoms with E-state index in [-0.39, 0.29) is 16.3 Å². The Kier molecular flexibility index (Phi) is 3.41. The fraction of sp³-hybridized carbons (Fsp3) is 0. The number of anilines is 2. The predicted octanol–water partition coefficient (Wildman–Crippen LogP) is 1.48. The maximum atomic E-state index is 12.9. The highest BCUT2D eigenvalue weighted by molar-refractivity contribution is 7.92. The fourth-order valence-electron chi connectivity index (χ4n) is 1.56. The Bertz CT molecular complexity index is 689. The van der Waals surface area contributed by atoms with Crippen LogP contribution in [0, 0.1) is 5.82 Å². The summed E-state index contributed by atoms with van der Waals surface area (Å²) in [6.07, 6.45) is 0. The number of hydrogen-bond donors (Lipinski definition) is 2. The van der Waals surface area contributed by atoms with Gasteiger partial charge in [0.2, 0.25) is 0 Å². The lowest BCUT2D eigenvalue weighted by molar-refractivity contribution is 0.591. The minimum atomic E-state index is -3.92. The molecule has 0 saturated heterocycles. The summed E-state index contributed by atoms with van der Waals surface area (Å²) >= 11 is 0. The van der Waals surface area contributed by atoms with Gasteiger partial charge in [0.1, 0.15) is 5.82 Å². The van der Waals surface area contributed by atoms with Crippen LogP contribution >= 0.6 is 0 Å². The van der Waals surface area contributed by atoms with Gasteiger partial charge in [0.25, 0.3) is 10.0 Å². The molecule has 0 aliphatic carbocycles. The Labute approximate surface area is 110 Å². The zero-order valence-electron chi connectivity index (χ0n) is 9.82. The third kappa shape index (κ3) is 2.51. The first-order valence-electron chi connectivity index (χ1n) is 5.33. The van der Waals surface area contributed by atoms with Gasteiger partial charge in [-0.2, -0.15) is 12.8 Å². The van der Waals surface area contributed by atoms with Crippen LogP contribution in [0.4, 0.5) is 15.8 Å².